The molecule has 6 nitrogen and oxygen atoms in total. The van der Waals surface area contributed by atoms with E-state index in [1.807, 2.05) is 49.4 Å². The Morgan fingerprint density at radius 1 is 1.20 bits per heavy atom. The minimum absolute atomic E-state index is 0. The zero-order chi connectivity index (χ0) is 20.8. The summed E-state index contributed by atoms with van der Waals surface area (Å²) in [6, 6.07) is 15.3. The van der Waals surface area contributed by atoms with Gasteiger partial charge in [0.25, 0.3) is 0 Å². The number of ether oxygens (including phenoxy) is 1. The monoisotopic (exact) mass is 426 g/mol. The van der Waals surface area contributed by atoms with Gasteiger partial charge in [0.05, 0.1) is 23.4 Å². The molecule has 0 aliphatic rings. The number of aryl methyl sites for hydroxylation is 1. The Balaban J connectivity index is 0.00000320. The largest absolute Gasteiger partial charge is 0.494 e. The third-order valence-corrected chi connectivity index (χ3v) is 4.76. The maximum absolute atomic E-state index is 11.8. The lowest BCUT2D eigenvalue weighted by atomic mass is 10.1. The topological polar surface area (TPSA) is 79.1 Å². The molecule has 0 unspecified atom stereocenters. The van der Waals surface area contributed by atoms with Crippen molar-refractivity contribution in [2.24, 2.45) is 0 Å². The maximum Gasteiger partial charge on any atom is 0.319 e. The van der Waals surface area contributed by atoms with Gasteiger partial charge in [-0.05, 0) is 43.7 Å². The molecular formula is C23H27ClN4O2. The van der Waals surface area contributed by atoms with Crippen molar-refractivity contribution in [1.82, 2.24) is 9.88 Å². The van der Waals surface area contributed by atoms with E-state index in [1.165, 1.54) is 0 Å². The maximum atomic E-state index is 11.8. The summed E-state index contributed by atoms with van der Waals surface area (Å²) in [5.41, 5.74) is 4.02. The van der Waals surface area contributed by atoms with Crippen LogP contribution in [0.2, 0.25) is 0 Å². The number of halogens is 1. The summed E-state index contributed by atoms with van der Waals surface area (Å²) in [7, 11) is 0. The molecule has 7 heteroatoms. The van der Waals surface area contributed by atoms with Crippen LogP contribution in [0.1, 0.15) is 26.8 Å². The van der Waals surface area contributed by atoms with Gasteiger partial charge in [0.15, 0.2) is 0 Å². The van der Waals surface area contributed by atoms with E-state index in [2.05, 4.69) is 28.2 Å². The van der Waals surface area contributed by atoms with Gasteiger partial charge in [-0.3, -0.25) is 0 Å². The SMILES string of the molecule is C.CCOc1ccc2c(C#N)c(-c3ccc(NC(=O)NCCCl)cc3)n(CC)c2c1. The van der Waals surface area contributed by atoms with Crippen molar-refractivity contribution >= 4 is 34.2 Å². The molecule has 0 saturated heterocycles. The molecule has 3 aromatic rings. The summed E-state index contributed by atoms with van der Waals surface area (Å²) in [5.74, 6) is 1.14. The van der Waals surface area contributed by atoms with E-state index in [9.17, 15) is 10.1 Å². The number of benzene rings is 2. The highest BCUT2D eigenvalue weighted by Crippen LogP contribution is 2.35. The van der Waals surface area contributed by atoms with E-state index < -0.39 is 0 Å². The van der Waals surface area contributed by atoms with Gasteiger partial charge in [-0.1, -0.05) is 19.6 Å². The van der Waals surface area contributed by atoms with Gasteiger partial charge < -0.3 is 19.9 Å². The molecule has 2 aromatic carbocycles. The second kappa shape index (κ2) is 10.6. The van der Waals surface area contributed by atoms with Gasteiger partial charge in [-0.15, -0.1) is 11.6 Å². The Kier molecular flexibility index (Phi) is 8.14. The van der Waals surface area contributed by atoms with Gasteiger partial charge in [0.2, 0.25) is 0 Å². The molecule has 0 aliphatic heterocycles. The number of rotatable bonds is 7. The number of aromatic nitrogens is 1. The summed E-state index contributed by atoms with van der Waals surface area (Å²) in [6.45, 7) is 5.69. The van der Waals surface area contributed by atoms with E-state index in [1.54, 1.807) is 0 Å². The van der Waals surface area contributed by atoms with Crippen LogP contribution in [0.5, 0.6) is 5.75 Å². The van der Waals surface area contributed by atoms with E-state index in [-0.39, 0.29) is 13.5 Å². The molecule has 30 heavy (non-hydrogen) atoms. The summed E-state index contributed by atoms with van der Waals surface area (Å²) in [5, 5.41) is 16.2. The highest BCUT2D eigenvalue weighted by Gasteiger charge is 2.18. The molecule has 0 radical (unpaired) electrons. The smallest absolute Gasteiger partial charge is 0.319 e. The molecule has 0 aliphatic carbocycles. The van der Waals surface area contributed by atoms with E-state index in [0.29, 0.717) is 36.8 Å². The fourth-order valence-corrected chi connectivity index (χ4v) is 3.47. The molecule has 0 fully saturated rings. The second-order valence-corrected chi connectivity index (χ2v) is 6.72. The van der Waals surface area contributed by atoms with Gasteiger partial charge in [-0.2, -0.15) is 5.26 Å². The lowest BCUT2D eigenvalue weighted by molar-refractivity contribution is 0.252. The average molecular weight is 427 g/mol. The Morgan fingerprint density at radius 3 is 2.53 bits per heavy atom. The number of nitriles is 1. The first-order chi connectivity index (χ1) is 14.1. The molecule has 2 amide bonds. The summed E-state index contributed by atoms with van der Waals surface area (Å²) in [4.78, 5) is 11.8. The average Bonchev–Trinajstić information content (AvgIpc) is 3.05. The quantitative estimate of drug-likeness (QED) is 0.483. The lowest BCUT2D eigenvalue weighted by Gasteiger charge is -2.11. The number of nitrogens with zero attached hydrogens (tertiary/aromatic N) is 2. The van der Waals surface area contributed by atoms with Crippen molar-refractivity contribution in [3.05, 3.63) is 48.0 Å². The van der Waals surface area contributed by atoms with E-state index in [4.69, 9.17) is 16.3 Å². The minimum atomic E-state index is -0.303. The van der Waals surface area contributed by atoms with Crippen LogP contribution in [-0.4, -0.2) is 29.6 Å². The number of alkyl halides is 1. The number of hydrogen-bond donors (Lipinski definition) is 2. The minimum Gasteiger partial charge on any atom is -0.494 e. The predicted molar refractivity (Wildman–Crippen MR) is 123 cm³/mol. The number of carbonyl (C=O) groups is 1. The van der Waals surface area contributed by atoms with E-state index >= 15 is 0 Å². The summed E-state index contributed by atoms with van der Waals surface area (Å²) < 4.78 is 7.75. The van der Waals surface area contributed by atoms with Crippen molar-refractivity contribution in [3.8, 4) is 23.1 Å². The summed E-state index contributed by atoms with van der Waals surface area (Å²) >= 11 is 5.58. The van der Waals surface area contributed by atoms with Crippen LogP contribution in [0.3, 0.4) is 0 Å². The van der Waals surface area contributed by atoms with Crippen LogP contribution in [0.25, 0.3) is 22.2 Å². The van der Waals surface area contributed by atoms with Crippen LogP contribution in [0, 0.1) is 11.3 Å². The Morgan fingerprint density at radius 2 is 1.93 bits per heavy atom. The normalized spacial score (nSPS) is 10.2. The second-order valence-electron chi connectivity index (χ2n) is 6.34. The first-order valence-corrected chi connectivity index (χ1v) is 10.1. The number of amides is 2. The number of nitrogens with one attached hydrogen (secondary N) is 2. The molecule has 2 N–H and O–H groups in total. The fourth-order valence-electron chi connectivity index (χ4n) is 3.37. The van der Waals surface area contributed by atoms with Gasteiger partial charge in [0.1, 0.15) is 11.8 Å². The van der Waals surface area contributed by atoms with Crippen LogP contribution >= 0.6 is 11.6 Å². The first-order valence-electron chi connectivity index (χ1n) is 9.53. The molecule has 1 aromatic heterocycles. The number of hydrogen-bond acceptors (Lipinski definition) is 3. The Labute approximate surface area is 182 Å². The third-order valence-electron chi connectivity index (χ3n) is 4.57. The molecule has 158 valence electrons. The van der Waals surface area contributed by atoms with Gasteiger partial charge in [-0.25, -0.2) is 4.79 Å². The standard InChI is InChI=1S/C22H23ClN4O2.CH4/c1-3-27-20-13-17(29-4-2)9-10-18(20)19(14-24)21(27)15-5-7-16(8-6-15)26-22(28)25-12-11-23;/h5-10,13H,3-4,11-12H2,1-2H3,(H2,25,26,28);1H4. The van der Waals surface area contributed by atoms with Gasteiger partial charge in [0, 0.05) is 36.1 Å². The molecule has 3 rings (SSSR count). The summed E-state index contributed by atoms with van der Waals surface area (Å²) in [6.07, 6.45) is 0. The third kappa shape index (κ3) is 4.69. The first kappa shape index (κ1) is 23.1. The highest BCUT2D eigenvalue weighted by molar-refractivity contribution is 6.18. The number of carbonyl (C=O) groups excluding carboxylic acids is 1. The lowest BCUT2D eigenvalue weighted by Crippen LogP contribution is -2.30. The zero-order valence-electron chi connectivity index (χ0n) is 16.5. The van der Waals surface area contributed by atoms with Crippen LogP contribution in [0.4, 0.5) is 10.5 Å². The Hall–Kier alpha value is -3.17. The number of fused-ring (bicyclic) bond motifs is 1. The molecule has 1 heterocycles. The van der Waals surface area contributed by atoms with Crippen molar-refractivity contribution in [2.45, 2.75) is 27.8 Å². The molecule has 0 saturated carbocycles. The van der Waals surface area contributed by atoms with Crippen molar-refractivity contribution in [3.63, 3.8) is 0 Å². The number of urea groups is 1. The molecular weight excluding hydrogens is 400 g/mol. The van der Waals surface area contributed by atoms with Crippen molar-refractivity contribution in [1.29, 1.82) is 5.26 Å². The van der Waals surface area contributed by atoms with Crippen LogP contribution in [0.15, 0.2) is 42.5 Å². The van der Waals surface area contributed by atoms with Crippen LogP contribution in [-0.2, 0) is 6.54 Å². The fraction of sp³-hybridized carbons (Fsp3) is 0.304. The van der Waals surface area contributed by atoms with Gasteiger partial charge >= 0.3 is 6.03 Å². The van der Waals surface area contributed by atoms with Crippen molar-refractivity contribution < 1.29 is 9.53 Å². The highest BCUT2D eigenvalue weighted by atomic mass is 35.5. The molecule has 0 spiro atoms. The number of anilines is 1. The Bertz CT molecular complexity index is 1050. The molecule has 0 bridgehead atoms. The predicted octanol–water partition coefficient (Wildman–Crippen LogP) is 5.59. The van der Waals surface area contributed by atoms with Crippen LogP contribution < -0.4 is 15.4 Å². The zero-order valence-corrected chi connectivity index (χ0v) is 17.2. The van der Waals surface area contributed by atoms with Crippen molar-refractivity contribution in [2.75, 3.05) is 24.3 Å². The van der Waals surface area contributed by atoms with E-state index in [0.717, 1.165) is 27.9 Å². The molecule has 0 atom stereocenters.